The van der Waals surface area contributed by atoms with Crippen LogP contribution in [0.1, 0.15) is 44.8 Å². The van der Waals surface area contributed by atoms with Crippen molar-refractivity contribution in [1.82, 2.24) is 20.3 Å². The minimum Gasteiger partial charge on any atom is -0.312 e. The summed E-state index contributed by atoms with van der Waals surface area (Å²) < 4.78 is 2.00. The Balaban J connectivity index is 2.74. The van der Waals surface area contributed by atoms with Gasteiger partial charge in [0.1, 0.15) is 0 Å². The van der Waals surface area contributed by atoms with Crippen LogP contribution >= 0.6 is 0 Å². The van der Waals surface area contributed by atoms with E-state index in [0.29, 0.717) is 6.04 Å². The van der Waals surface area contributed by atoms with E-state index in [1.807, 2.05) is 17.9 Å². The highest BCUT2D eigenvalue weighted by atomic mass is 15.4. The Morgan fingerprint density at radius 1 is 1.43 bits per heavy atom. The van der Waals surface area contributed by atoms with Gasteiger partial charge in [0.2, 0.25) is 0 Å². The van der Waals surface area contributed by atoms with Gasteiger partial charge in [-0.05, 0) is 19.9 Å². The highest BCUT2D eigenvalue weighted by Gasteiger charge is 2.13. The average Bonchev–Trinajstić information content (AvgIpc) is 2.63. The number of hydrogen-bond donors (Lipinski definition) is 1. The lowest BCUT2D eigenvalue weighted by Gasteiger charge is -2.15. The van der Waals surface area contributed by atoms with Gasteiger partial charge in [0, 0.05) is 6.54 Å². The van der Waals surface area contributed by atoms with Gasteiger partial charge in [-0.25, -0.2) is 4.68 Å². The Morgan fingerprint density at radius 2 is 2.21 bits per heavy atom. The number of nitrogens with one attached hydrogen (secondary N) is 1. The first-order valence-corrected chi connectivity index (χ1v) is 5.39. The zero-order valence-corrected chi connectivity index (χ0v) is 9.32. The predicted octanol–water partition coefficient (Wildman–Crippen LogP) is 1.75. The van der Waals surface area contributed by atoms with Crippen molar-refractivity contribution in [2.45, 2.75) is 45.7 Å². The first-order chi connectivity index (χ1) is 6.83. The van der Waals surface area contributed by atoms with E-state index in [-0.39, 0.29) is 0 Å². The summed E-state index contributed by atoms with van der Waals surface area (Å²) in [4.78, 5) is 0. The standard InChI is InChI=1S/C10H20N4/c1-4-6-9(11-3)10-8-12-13-14(10)7-5-2/h8-9,11H,4-7H2,1-3H3. The molecule has 1 rings (SSSR count). The molecule has 4 nitrogen and oxygen atoms in total. The Hall–Kier alpha value is -0.900. The lowest BCUT2D eigenvalue weighted by molar-refractivity contribution is 0.469. The predicted molar refractivity (Wildman–Crippen MR) is 57.0 cm³/mol. The number of hydrogen-bond acceptors (Lipinski definition) is 3. The Labute approximate surface area is 85.7 Å². The van der Waals surface area contributed by atoms with E-state index in [2.05, 4.69) is 29.5 Å². The molecule has 1 heterocycles. The molecule has 0 aliphatic carbocycles. The monoisotopic (exact) mass is 196 g/mol. The second-order valence-electron chi connectivity index (χ2n) is 3.51. The quantitative estimate of drug-likeness (QED) is 0.753. The second kappa shape index (κ2) is 5.75. The second-order valence-corrected chi connectivity index (χ2v) is 3.51. The van der Waals surface area contributed by atoms with Gasteiger partial charge in [-0.3, -0.25) is 0 Å². The maximum atomic E-state index is 4.08. The molecule has 0 aliphatic rings. The van der Waals surface area contributed by atoms with Gasteiger partial charge in [-0.2, -0.15) is 0 Å². The summed E-state index contributed by atoms with van der Waals surface area (Å²) in [5, 5.41) is 11.4. The molecule has 1 unspecified atom stereocenters. The SMILES string of the molecule is CCCC(NC)c1cnnn1CCC. The molecule has 0 amide bonds. The molecule has 0 aliphatic heterocycles. The van der Waals surface area contributed by atoms with Crippen molar-refractivity contribution < 1.29 is 0 Å². The average molecular weight is 196 g/mol. The normalized spacial score (nSPS) is 13.1. The fourth-order valence-corrected chi connectivity index (χ4v) is 1.65. The molecule has 0 spiro atoms. The molecule has 0 saturated heterocycles. The maximum absolute atomic E-state index is 4.08. The van der Waals surface area contributed by atoms with Crippen molar-refractivity contribution in [3.05, 3.63) is 11.9 Å². The van der Waals surface area contributed by atoms with Gasteiger partial charge in [0.05, 0.1) is 17.9 Å². The molecule has 0 radical (unpaired) electrons. The molecule has 0 bridgehead atoms. The fourth-order valence-electron chi connectivity index (χ4n) is 1.65. The molecule has 1 aromatic heterocycles. The lowest BCUT2D eigenvalue weighted by Crippen LogP contribution is -2.20. The molecule has 4 heteroatoms. The molecule has 80 valence electrons. The van der Waals surface area contributed by atoms with Crippen LogP contribution in [0.5, 0.6) is 0 Å². The van der Waals surface area contributed by atoms with E-state index in [9.17, 15) is 0 Å². The van der Waals surface area contributed by atoms with Gasteiger partial charge in [0.15, 0.2) is 0 Å². The summed E-state index contributed by atoms with van der Waals surface area (Å²) in [7, 11) is 1.99. The van der Waals surface area contributed by atoms with Crippen LogP contribution < -0.4 is 5.32 Å². The Bertz CT molecular complexity index is 256. The summed E-state index contributed by atoms with van der Waals surface area (Å²) in [6.45, 7) is 5.30. The number of aromatic nitrogens is 3. The minimum absolute atomic E-state index is 0.390. The Morgan fingerprint density at radius 3 is 2.79 bits per heavy atom. The van der Waals surface area contributed by atoms with Crippen LogP contribution in [0.3, 0.4) is 0 Å². The van der Waals surface area contributed by atoms with Crippen molar-refractivity contribution in [3.63, 3.8) is 0 Å². The first kappa shape index (κ1) is 11.2. The summed E-state index contributed by atoms with van der Waals surface area (Å²) in [5.41, 5.74) is 1.20. The summed E-state index contributed by atoms with van der Waals surface area (Å²) in [6.07, 6.45) is 5.27. The van der Waals surface area contributed by atoms with Crippen molar-refractivity contribution >= 4 is 0 Å². The zero-order chi connectivity index (χ0) is 10.4. The molecule has 0 saturated carbocycles. The Kier molecular flexibility index (Phi) is 4.59. The first-order valence-electron chi connectivity index (χ1n) is 5.39. The van der Waals surface area contributed by atoms with Crippen LogP contribution in [0, 0.1) is 0 Å². The molecule has 0 fully saturated rings. The topological polar surface area (TPSA) is 42.7 Å². The van der Waals surface area contributed by atoms with Crippen molar-refractivity contribution in [2.75, 3.05) is 7.05 Å². The lowest BCUT2D eigenvalue weighted by atomic mass is 10.1. The van der Waals surface area contributed by atoms with Gasteiger partial charge in [-0.15, -0.1) is 5.10 Å². The molecule has 0 aromatic carbocycles. The van der Waals surface area contributed by atoms with E-state index in [1.54, 1.807) is 0 Å². The van der Waals surface area contributed by atoms with Crippen LogP contribution in [0.15, 0.2) is 6.20 Å². The van der Waals surface area contributed by atoms with Crippen LogP contribution in [-0.2, 0) is 6.54 Å². The van der Waals surface area contributed by atoms with Crippen LogP contribution in [0.2, 0.25) is 0 Å². The van der Waals surface area contributed by atoms with Crippen molar-refractivity contribution in [1.29, 1.82) is 0 Å². The highest BCUT2D eigenvalue weighted by molar-refractivity contribution is 5.01. The molecule has 1 atom stereocenters. The van der Waals surface area contributed by atoms with Gasteiger partial charge in [-0.1, -0.05) is 25.5 Å². The van der Waals surface area contributed by atoms with Crippen molar-refractivity contribution in [3.8, 4) is 0 Å². The minimum atomic E-state index is 0.390. The smallest absolute Gasteiger partial charge is 0.0756 e. The molecular weight excluding hydrogens is 176 g/mol. The van der Waals surface area contributed by atoms with Gasteiger partial charge >= 0.3 is 0 Å². The maximum Gasteiger partial charge on any atom is 0.0756 e. The van der Waals surface area contributed by atoms with Crippen LogP contribution in [-0.4, -0.2) is 22.0 Å². The van der Waals surface area contributed by atoms with E-state index in [1.165, 1.54) is 12.1 Å². The van der Waals surface area contributed by atoms with E-state index < -0.39 is 0 Å². The van der Waals surface area contributed by atoms with Gasteiger partial charge < -0.3 is 5.32 Å². The van der Waals surface area contributed by atoms with E-state index >= 15 is 0 Å². The third-order valence-corrected chi connectivity index (χ3v) is 2.37. The summed E-state index contributed by atoms with van der Waals surface area (Å²) in [5.74, 6) is 0. The third kappa shape index (κ3) is 2.54. The van der Waals surface area contributed by atoms with Gasteiger partial charge in [0.25, 0.3) is 0 Å². The highest BCUT2D eigenvalue weighted by Crippen LogP contribution is 2.16. The molecule has 1 aromatic rings. The largest absolute Gasteiger partial charge is 0.312 e. The summed E-state index contributed by atoms with van der Waals surface area (Å²) in [6, 6.07) is 0.390. The number of aryl methyl sites for hydroxylation is 1. The molecular formula is C10H20N4. The third-order valence-electron chi connectivity index (χ3n) is 2.37. The van der Waals surface area contributed by atoms with Crippen LogP contribution in [0.4, 0.5) is 0 Å². The zero-order valence-electron chi connectivity index (χ0n) is 9.32. The summed E-state index contributed by atoms with van der Waals surface area (Å²) >= 11 is 0. The van der Waals surface area contributed by atoms with E-state index in [0.717, 1.165) is 19.4 Å². The fraction of sp³-hybridized carbons (Fsp3) is 0.800. The van der Waals surface area contributed by atoms with Crippen LogP contribution in [0.25, 0.3) is 0 Å². The number of rotatable bonds is 6. The van der Waals surface area contributed by atoms with Crippen molar-refractivity contribution in [2.24, 2.45) is 0 Å². The van der Waals surface area contributed by atoms with E-state index in [4.69, 9.17) is 0 Å². The molecule has 14 heavy (non-hydrogen) atoms. The molecule has 1 N–H and O–H groups in total. The number of nitrogens with zero attached hydrogens (tertiary/aromatic N) is 3.